The Kier molecular flexibility index (Phi) is 9.03. The quantitative estimate of drug-likeness (QED) is 0.321. The zero-order valence-corrected chi connectivity index (χ0v) is 21.2. The summed E-state index contributed by atoms with van der Waals surface area (Å²) >= 11 is 0. The highest BCUT2D eigenvalue weighted by molar-refractivity contribution is 6.00. The third-order valence-electron chi connectivity index (χ3n) is 6.13. The summed E-state index contributed by atoms with van der Waals surface area (Å²) in [5.74, 6) is 0.470. The van der Waals surface area contributed by atoms with Crippen LogP contribution in [-0.4, -0.2) is 42.3 Å². The minimum Gasteiger partial charge on any atom is -0.494 e. The van der Waals surface area contributed by atoms with Crippen molar-refractivity contribution in [3.8, 4) is 5.75 Å². The van der Waals surface area contributed by atoms with Crippen LogP contribution in [-0.2, 0) is 22.3 Å². The van der Waals surface area contributed by atoms with Gasteiger partial charge in [0.15, 0.2) is 5.54 Å². The number of carbonyl (C=O) groups is 1. The molecule has 0 spiro atoms. The highest BCUT2D eigenvalue weighted by atomic mass is 19.4. The minimum absolute atomic E-state index is 0.0232. The molecule has 39 heavy (non-hydrogen) atoms. The molecule has 1 amide bonds. The third-order valence-corrected chi connectivity index (χ3v) is 6.13. The number of nitrogens with one attached hydrogen (secondary N) is 1. The van der Waals surface area contributed by atoms with E-state index in [1.54, 1.807) is 24.3 Å². The predicted molar refractivity (Wildman–Crippen MR) is 142 cm³/mol. The van der Waals surface area contributed by atoms with Crippen LogP contribution in [0.4, 0.5) is 13.2 Å². The minimum atomic E-state index is -4.47. The molecule has 0 saturated carbocycles. The lowest BCUT2D eigenvalue weighted by atomic mass is 9.95. The van der Waals surface area contributed by atoms with Crippen LogP contribution >= 0.6 is 0 Å². The molecule has 2 N–H and O–H groups in total. The van der Waals surface area contributed by atoms with E-state index in [1.165, 1.54) is 12.1 Å². The number of benzene rings is 3. The maximum Gasteiger partial charge on any atom is 0.416 e. The van der Waals surface area contributed by atoms with E-state index in [4.69, 9.17) is 14.6 Å². The number of aliphatic hydroxyl groups is 1. The monoisotopic (exact) mass is 538 g/mol. The molecule has 3 aromatic carbocycles. The van der Waals surface area contributed by atoms with Crippen molar-refractivity contribution >= 4 is 17.9 Å². The number of halogens is 3. The summed E-state index contributed by atoms with van der Waals surface area (Å²) in [5.41, 5.74) is -0.129. The van der Waals surface area contributed by atoms with Crippen LogP contribution in [0.25, 0.3) is 6.08 Å². The molecule has 0 aromatic heterocycles. The lowest BCUT2D eigenvalue weighted by Crippen LogP contribution is -2.46. The molecule has 204 valence electrons. The summed E-state index contributed by atoms with van der Waals surface area (Å²) in [6.45, 7) is 0.317. The first-order chi connectivity index (χ1) is 18.8. The van der Waals surface area contributed by atoms with Crippen LogP contribution in [0.3, 0.4) is 0 Å². The Bertz CT molecular complexity index is 1310. The molecule has 3 aromatic rings. The summed E-state index contributed by atoms with van der Waals surface area (Å²) < 4.78 is 50.8. The first-order valence-corrected chi connectivity index (χ1v) is 12.5. The molecular formula is C30H29F3N2O4. The molecule has 1 aliphatic heterocycles. The zero-order chi connectivity index (χ0) is 27.7. The van der Waals surface area contributed by atoms with Crippen LogP contribution in [0.1, 0.15) is 35.1 Å². The normalized spacial score (nSPS) is 17.1. The van der Waals surface area contributed by atoms with Crippen molar-refractivity contribution in [2.75, 3.05) is 19.8 Å². The van der Waals surface area contributed by atoms with E-state index in [2.05, 4.69) is 10.3 Å². The number of aliphatic hydroxyl groups excluding tert-OH is 1. The van der Waals surface area contributed by atoms with Gasteiger partial charge in [-0.15, -0.1) is 0 Å². The van der Waals surface area contributed by atoms with Gasteiger partial charge in [0.2, 0.25) is 5.90 Å². The number of carbonyl (C=O) groups excluding carboxylic acids is 1. The number of hydrogen-bond acceptors (Lipinski definition) is 5. The van der Waals surface area contributed by atoms with Gasteiger partial charge in [0.05, 0.1) is 12.2 Å². The largest absolute Gasteiger partial charge is 0.494 e. The zero-order valence-electron chi connectivity index (χ0n) is 21.2. The van der Waals surface area contributed by atoms with Gasteiger partial charge >= 0.3 is 6.18 Å². The highest BCUT2D eigenvalue weighted by Crippen LogP contribution is 2.30. The van der Waals surface area contributed by atoms with Crippen LogP contribution in [0, 0.1) is 0 Å². The van der Waals surface area contributed by atoms with Crippen LogP contribution in [0.2, 0.25) is 0 Å². The topological polar surface area (TPSA) is 80.2 Å². The molecule has 6 nitrogen and oxygen atoms in total. The molecule has 1 atom stereocenters. The van der Waals surface area contributed by atoms with Gasteiger partial charge in [0.1, 0.15) is 12.4 Å². The summed E-state index contributed by atoms with van der Waals surface area (Å²) in [6.07, 6.45) is -0.00327. The Hall–Kier alpha value is -4.11. The Labute approximate surface area is 224 Å². The molecule has 9 heteroatoms. The van der Waals surface area contributed by atoms with Gasteiger partial charge in [0, 0.05) is 31.6 Å². The number of amides is 1. The first kappa shape index (κ1) is 27.9. The van der Waals surface area contributed by atoms with E-state index >= 15 is 0 Å². The number of aliphatic imine (C=N–C) groups is 1. The van der Waals surface area contributed by atoms with Crippen molar-refractivity contribution in [3.63, 3.8) is 0 Å². The number of alkyl halides is 3. The summed E-state index contributed by atoms with van der Waals surface area (Å²) in [4.78, 5) is 18.1. The Morgan fingerprint density at radius 1 is 1.08 bits per heavy atom. The van der Waals surface area contributed by atoms with Gasteiger partial charge in [-0.2, -0.15) is 13.2 Å². The highest BCUT2D eigenvalue weighted by Gasteiger charge is 2.43. The summed E-state index contributed by atoms with van der Waals surface area (Å²) in [5, 5.41) is 11.7. The van der Waals surface area contributed by atoms with E-state index in [9.17, 15) is 18.0 Å². The van der Waals surface area contributed by atoms with Crippen molar-refractivity contribution < 1.29 is 32.5 Å². The second-order valence-electron chi connectivity index (χ2n) is 9.09. The maximum atomic E-state index is 13.4. The molecule has 0 unspecified atom stereocenters. The Morgan fingerprint density at radius 2 is 1.85 bits per heavy atom. The second kappa shape index (κ2) is 12.6. The maximum absolute atomic E-state index is 13.4. The summed E-state index contributed by atoms with van der Waals surface area (Å²) in [7, 11) is 0. The van der Waals surface area contributed by atoms with Gasteiger partial charge < -0.3 is 19.9 Å². The van der Waals surface area contributed by atoms with Gasteiger partial charge in [-0.1, -0.05) is 54.6 Å². The number of rotatable bonds is 11. The van der Waals surface area contributed by atoms with Gasteiger partial charge in [-0.05, 0) is 47.5 Å². The van der Waals surface area contributed by atoms with Crippen molar-refractivity contribution in [1.29, 1.82) is 0 Å². The smallest absolute Gasteiger partial charge is 0.416 e. The standard InChI is InChI=1S/C30H29F3N2O4/c31-30(32,33)25-11-4-9-23(19-25)20-34-28(37)29(16-5-10-22-7-2-1-3-8-22)21-39-27(35-29)24-12-14-26(15-13-24)38-18-6-17-36/h1-5,7-15,19,36H,6,16-18,20-21H2,(H,34,37)/b10-5+/t29-/m1/s1. The molecule has 0 fully saturated rings. The third kappa shape index (κ3) is 7.48. The van der Waals surface area contributed by atoms with Crippen LogP contribution in [0.15, 0.2) is 89.9 Å². The molecule has 1 heterocycles. The predicted octanol–water partition coefficient (Wildman–Crippen LogP) is 5.40. The van der Waals surface area contributed by atoms with Crippen molar-refractivity contribution in [2.24, 2.45) is 4.99 Å². The van der Waals surface area contributed by atoms with E-state index < -0.39 is 23.2 Å². The van der Waals surface area contributed by atoms with E-state index in [0.717, 1.165) is 17.7 Å². The van der Waals surface area contributed by atoms with Gasteiger partial charge in [0.25, 0.3) is 5.91 Å². The van der Waals surface area contributed by atoms with Crippen LogP contribution < -0.4 is 10.1 Å². The van der Waals surface area contributed by atoms with E-state index in [0.29, 0.717) is 35.8 Å². The Morgan fingerprint density at radius 3 is 2.56 bits per heavy atom. The molecule has 1 aliphatic rings. The number of nitrogens with zero attached hydrogens (tertiary/aromatic N) is 1. The van der Waals surface area contributed by atoms with Crippen molar-refractivity contribution in [3.05, 3.63) is 107 Å². The average molecular weight is 539 g/mol. The van der Waals surface area contributed by atoms with E-state index in [-0.39, 0.29) is 26.2 Å². The molecule has 4 rings (SSSR count). The summed E-state index contributed by atoms with van der Waals surface area (Å²) in [6, 6.07) is 21.5. The van der Waals surface area contributed by atoms with Crippen molar-refractivity contribution in [2.45, 2.75) is 31.1 Å². The van der Waals surface area contributed by atoms with Crippen LogP contribution in [0.5, 0.6) is 5.75 Å². The molecule has 0 aliphatic carbocycles. The second-order valence-corrected chi connectivity index (χ2v) is 9.09. The van der Waals surface area contributed by atoms with Gasteiger partial charge in [-0.3, -0.25) is 4.79 Å². The average Bonchev–Trinajstić information content (AvgIpc) is 3.38. The Balaban J connectivity index is 1.53. The lowest BCUT2D eigenvalue weighted by Gasteiger charge is -2.22. The fourth-order valence-electron chi connectivity index (χ4n) is 4.02. The fourth-order valence-corrected chi connectivity index (χ4v) is 4.02. The molecule has 0 bridgehead atoms. The lowest BCUT2D eigenvalue weighted by molar-refractivity contribution is -0.137. The molecule has 0 saturated heterocycles. The SMILES string of the molecule is O=C(NCc1cccc(C(F)(F)F)c1)[C@@]1(C/C=C/c2ccccc2)COC(c2ccc(OCCCO)cc2)=N1. The van der Waals surface area contributed by atoms with Crippen molar-refractivity contribution in [1.82, 2.24) is 5.32 Å². The first-order valence-electron chi connectivity index (χ1n) is 12.5. The molecule has 0 radical (unpaired) electrons. The fraction of sp³-hybridized carbons (Fsp3) is 0.267. The number of hydrogen-bond donors (Lipinski definition) is 2. The number of ether oxygens (including phenoxy) is 2. The van der Waals surface area contributed by atoms with E-state index in [1.807, 2.05) is 42.5 Å². The molecular weight excluding hydrogens is 509 g/mol. The van der Waals surface area contributed by atoms with Gasteiger partial charge in [-0.25, -0.2) is 4.99 Å².